The third-order valence-corrected chi connectivity index (χ3v) is 4.41. The summed E-state index contributed by atoms with van der Waals surface area (Å²) in [6, 6.07) is 7.65. The largest absolute Gasteiger partial charge is 0.478 e. The molecule has 4 N–H and O–H groups in total. The highest BCUT2D eigenvalue weighted by atomic mass is 16.4. The van der Waals surface area contributed by atoms with Crippen molar-refractivity contribution in [1.82, 2.24) is 9.88 Å². The van der Waals surface area contributed by atoms with Gasteiger partial charge in [0, 0.05) is 11.4 Å². The number of nitrogens with one attached hydrogen (secondary N) is 1. The fourth-order valence-electron chi connectivity index (χ4n) is 3.16. The molecule has 0 saturated heterocycles. The van der Waals surface area contributed by atoms with Crippen LogP contribution in [-0.4, -0.2) is 33.5 Å². The molecule has 0 aliphatic heterocycles. The number of amides is 2. The topological polar surface area (TPSA) is 114 Å². The molecular weight excluding hydrogens is 346 g/mol. The van der Waals surface area contributed by atoms with Gasteiger partial charge in [-0.2, -0.15) is 0 Å². The molecule has 0 saturated carbocycles. The van der Waals surface area contributed by atoms with E-state index in [0.717, 1.165) is 0 Å². The summed E-state index contributed by atoms with van der Waals surface area (Å²) in [5, 5.41) is 12.0. The molecule has 1 heterocycles. The van der Waals surface area contributed by atoms with E-state index in [1.165, 1.54) is 0 Å². The Kier molecular flexibility index (Phi) is 6.05. The number of carbonyl (C=O) groups is 3. The van der Waals surface area contributed by atoms with Gasteiger partial charge in [-0.3, -0.25) is 9.59 Å². The molecule has 0 spiro atoms. The lowest BCUT2D eigenvalue weighted by Gasteiger charge is -2.19. The molecule has 1 aromatic heterocycles. The quantitative estimate of drug-likeness (QED) is 0.693. The number of primary amides is 1. The molecule has 1 aromatic carbocycles. The van der Waals surface area contributed by atoms with Crippen molar-refractivity contribution in [2.24, 2.45) is 11.7 Å². The summed E-state index contributed by atoms with van der Waals surface area (Å²) in [7, 11) is 0. The number of benzene rings is 1. The zero-order valence-corrected chi connectivity index (χ0v) is 15.9. The molecule has 0 radical (unpaired) electrons. The third kappa shape index (κ3) is 4.36. The maximum atomic E-state index is 12.8. The van der Waals surface area contributed by atoms with Crippen molar-refractivity contribution in [3.8, 4) is 5.69 Å². The summed E-state index contributed by atoms with van der Waals surface area (Å²) < 4.78 is 1.72. The van der Waals surface area contributed by atoms with Crippen LogP contribution in [0.1, 0.15) is 52.4 Å². The van der Waals surface area contributed by atoms with Gasteiger partial charge in [0.2, 0.25) is 5.91 Å². The third-order valence-electron chi connectivity index (χ3n) is 4.41. The van der Waals surface area contributed by atoms with Crippen LogP contribution in [0.3, 0.4) is 0 Å². The predicted octanol–water partition coefficient (Wildman–Crippen LogP) is 2.42. The Bertz CT molecular complexity index is 883. The second kappa shape index (κ2) is 8.07. The zero-order chi connectivity index (χ0) is 20.3. The molecule has 7 nitrogen and oxygen atoms in total. The standard InChI is InChI=1S/C20H25N3O4/c1-11(2)9-16(18(21)24)22-19(25)14-7-5-6-8-17(14)23-12(3)10-15(13(23)4)20(26)27/h5-8,10-11,16H,9H2,1-4H3,(H2,21,24)(H,22,25)(H,26,27). The maximum Gasteiger partial charge on any atom is 0.337 e. The lowest BCUT2D eigenvalue weighted by atomic mass is 10.0. The number of carbonyl (C=O) groups excluding carboxylic acids is 2. The molecule has 1 unspecified atom stereocenters. The van der Waals surface area contributed by atoms with Gasteiger partial charge in [0.1, 0.15) is 6.04 Å². The number of aromatic carboxylic acids is 1. The smallest absolute Gasteiger partial charge is 0.337 e. The molecule has 0 aliphatic carbocycles. The Morgan fingerprint density at radius 3 is 2.30 bits per heavy atom. The van der Waals surface area contributed by atoms with Crippen LogP contribution >= 0.6 is 0 Å². The van der Waals surface area contributed by atoms with E-state index >= 15 is 0 Å². The Balaban J connectivity index is 2.46. The maximum absolute atomic E-state index is 12.8. The first-order valence-corrected chi connectivity index (χ1v) is 8.75. The number of nitrogens with zero attached hydrogens (tertiary/aromatic N) is 1. The lowest BCUT2D eigenvalue weighted by Crippen LogP contribution is -2.45. The average Bonchev–Trinajstić information content (AvgIpc) is 2.88. The number of carboxylic acid groups (broad SMARTS) is 1. The minimum absolute atomic E-state index is 0.178. The number of hydrogen-bond acceptors (Lipinski definition) is 3. The van der Waals surface area contributed by atoms with E-state index in [4.69, 9.17) is 5.73 Å². The lowest BCUT2D eigenvalue weighted by molar-refractivity contribution is -0.120. The molecule has 2 aromatic rings. The zero-order valence-electron chi connectivity index (χ0n) is 15.9. The van der Waals surface area contributed by atoms with Gasteiger partial charge in [0.25, 0.3) is 5.91 Å². The van der Waals surface area contributed by atoms with E-state index in [2.05, 4.69) is 5.32 Å². The van der Waals surface area contributed by atoms with Crippen molar-refractivity contribution in [1.29, 1.82) is 0 Å². The molecule has 0 aliphatic rings. The summed E-state index contributed by atoms with van der Waals surface area (Å²) in [6.07, 6.45) is 0.438. The fraction of sp³-hybridized carbons (Fsp3) is 0.350. The average molecular weight is 371 g/mol. The van der Waals surface area contributed by atoms with Gasteiger partial charge >= 0.3 is 5.97 Å². The van der Waals surface area contributed by atoms with Crippen LogP contribution in [0.2, 0.25) is 0 Å². The first kappa shape index (κ1) is 20.2. The molecular formula is C20H25N3O4. The molecule has 7 heteroatoms. The highest BCUT2D eigenvalue weighted by molar-refractivity contribution is 6.00. The number of nitrogens with two attached hydrogens (primary N) is 1. The Hall–Kier alpha value is -3.09. The normalized spacial score (nSPS) is 12.0. The van der Waals surface area contributed by atoms with Gasteiger partial charge in [0.15, 0.2) is 0 Å². The number of carboxylic acids is 1. The summed E-state index contributed by atoms with van der Waals surface area (Å²) in [4.78, 5) is 35.9. The Labute approximate surface area is 158 Å². The number of hydrogen-bond donors (Lipinski definition) is 3. The van der Waals surface area contributed by atoms with Crippen molar-refractivity contribution >= 4 is 17.8 Å². The number of aryl methyl sites for hydroxylation is 1. The van der Waals surface area contributed by atoms with Gasteiger partial charge in [-0.25, -0.2) is 4.79 Å². The summed E-state index contributed by atoms with van der Waals surface area (Å²) in [5.41, 5.74) is 7.70. The molecule has 1 atom stereocenters. The summed E-state index contributed by atoms with van der Waals surface area (Å²) >= 11 is 0. The minimum atomic E-state index is -1.03. The summed E-state index contributed by atoms with van der Waals surface area (Å²) in [5.74, 6) is -1.86. The Morgan fingerprint density at radius 1 is 1.15 bits per heavy atom. The number of aromatic nitrogens is 1. The van der Waals surface area contributed by atoms with Crippen LogP contribution in [0.4, 0.5) is 0 Å². The number of para-hydroxylation sites is 1. The van der Waals surface area contributed by atoms with Crippen LogP contribution < -0.4 is 11.1 Å². The second-order valence-electron chi connectivity index (χ2n) is 7.00. The molecule has 2 amide bonds. The van der Waals surface area contributed by atoms with E-state index in [1.54, 1.807) is 48.7 Å². The number of rotatable bonds is 7. The second-order valence-corrected chi connectivity index (χ2v) is 7.00. The van der Waals surface area contributed by atoms with Crippen molar-refractivity contribution in [2.45, 2.75) is 40.2 Å². The van der Waals surface area contributed by atoms with Crippen molar-refractivity contribution < 1.29 is 19.5 Å². The van der Waals surface area contributed by atoms with Crippen LogP contribution in [0, 0.1) is 19.8 Å². The van der Waals surface area contributed by atoms with Crippen molar-refractivity contribution in [2.75, 3.05) is 0 Å². The highest BCUT2D eigenvalue weighted by Crippen LogP contribution is 2.24. The van der Waals surface area contributed by atoms with Crippen LogP contribution in [0.25, 0.3) is 5.69 Å². The Morgan fingerprint density at radius 2 is 1.78 bits per heavy atom. The van der Waals surface area contributed by atoms with Gasteiger partial charge in [-0.15, -0.1) is 0 Å². The molecule has 27 heavy (non-hydrogen) atoms. The first-order chi connectivity index (χ1) is 12.6. The van der Waals surface area contributed by atoms with Crippen LogP contribution in [0.5, 0.6) is 0 Å². The highest BCUT2D eigenvalue weighted by Gasteiger charge is 2.23. The minimum Gasteiger partial charge on any atom is -0.478 e. The summed E-state index contributed by atoms with van der Waals surface area (Å²) in [6.45, 7) is 7.35. The predicted molar refractivity (Wildman–Crippen MR) is 102 cm³/mol. The monoisotopic (exact) mass is 371 g/mol. The van der Waals surface area contributed by atoms with Crippen molar-refractivity contribution in [3.63, 3.8) is 0 Å². The van der Waals surface area contributed by atoms with E-state index in [-0.39, 0.29) is 11.5 Å². The SMILES string of the molecule is Cc1cc(C(=O)O)c(C)n1-c1ccccc1C(=O)NC(CC(C)C)C(N)=O. The first-order valence-electron chi connectivity index (χ1n) is 8.75. The van der Waals surface area contributed by atoms with E-state index in [9.17, 15) is 19.5 Å². The van der Waals surface area contributed by atoms with E-state index in [1.807, 2.05) is 13.8 Å². The van der Waals surface area contributed by atoms with Gasteiger partial charge in [0.05, 0.1) is 16.8 Å². The van der Waals surface area contributed by atoms with Gasteiger partial charge < -0.3 is 20.7 Å². The van der Waals surface area contributed by atoms with E-state index < -0.39 is 23.8 Å². The van der Waals surface area contributed by atoms with Crippen LogP contribution in [-0.2, 0) is 4.79 Å². The van der Waals surface area contributed by atoms with Crippen LogP contribution in [0.15, 0.2) is 30.3 Å². The molecule has 0 fully saturated rings. The van der Waals surface area contributed by atoms with E-state index in [0.29, 0.717) is 29.1 Å². The molecule has 144 valence electrons. The fourth-order valence-corrected chi connectivity index (χ4v) is 3.16. The van der Waals surface area contributed by atoms with Gasteiger partial charge in [-0.1, -0.05) is 26.0 Å². The van der Waals surface area contributed by atoms with Crippen molar-refractivity contribution in [3.05, 3.63) is 52.8 Å². The molecule has 0 bridgehead atoms. The molecule has 2 rings (SSSR count). The van der Waals surface area contributed by atoms with Gasteiger partial charge in [-0.05, 0) is 44.4 Å².